The summed E-state index contributed by atoms with van der Waals surface area (Å²) >= 11 is 0. The van der Waals surface area contributed by atoms with Gasteiger partial charge in [-0.1, -0.05) is 6.07 Å². The first-order valence-corrected chi connectivity index (χ1v) is 6.04. The minimum absolute atomic E-state index is 0.0570. The van der Waals surface area contributed by atoms with Crippen molar-refractivity contribution in [3.63, 3.8) is 0 Å². The molecule has 1 fully saturated rings. The van der Waals surface area contributed by atoms with Crippen LogP contribution in [0.25, 0.3) is 0 Å². The number of halogens is 3. The largest absolute Gasteiger partial charge is 0.490 e. The summed E-state index contributed by atoms with van der Waals surface area (Å²) in [6.07, 6.45) is -1.52. The van der Waals surface area contributed by atoms with Crippen LogP contribution >= 0.6 is 0 Å². The van der Waals surface area contributed by atoms with E-state index in [0.29, 0.717) is 6.54 Å². The van der Waals surface area contributed by atoms with E-state index in [1.165, 1.54) is 6.07 Å². The third-order valence-electron chi connectivity index (χ3n) is 3.34. The van der Waals surface area contributed by atoms with Crippen molar-refractivity contribution >= 4 is 0 Å². The Balaban J connectivity index is 2.10. The molecule has 0 aromatic heterocycles. The molecule has 0 unspecified atom stereocenters. The van der Waals surface area contributed by atoms with Gasteiger partial charge in [0.2, 0.25) is 0 Å². The van der Waals surface area contributed by atoms with Gasteiger partial charge in [0.1, 0.15) is 11.9 Å². The fourth-order valence-corrected chi connectivity index (χ4v) is 2.35. The van der Waals surface area contributed by atoms with Crippen molar-refractivity contribution in [3.8, 4) is 5.75 Å². The molecule has 18 heavy (non-hydrogen) atoms. The number of ether oxygens (including phenoxy) is 1. The second-order valence-corrected chi connectivity index (χ2v) is 4.61. The third-order valence-corrected chi connectivity index (χ3v) is 3.34. The SMILES string of the molecule is NC[C@@H]1CCC[C@H]1Oc1cccc(C(F)(F)F)c1. The van der Waals surface area contributed by atoms with Gasteiger partial charge in [-0.3, -0.25) is 0 Å². The van der Waals surface area contributed by atoms with Gasteiger partial charge < -0.3 is 10.5 Å². The maximum atomic E-state index is 12.5. The zero-order valence-corrected chi connectivity index (χ0v) is 9.91. The number of benzene rings is 1. The molecule has 2 atom stereocenters. The minimum Gasteiger partial charge on any atom is -0.490 e. The second-order valence-electron chi connectivity index (χ2n) is 4.61. The van der Waals surface area contributed by atoms with Gasteiger partial charge in [-0.25, -0.2) is 0 Å². The van der Waals surface area contributed by atoms with Gasteiger partial charge in [0.25, 0.3) is 0 Å². The normalized spacial score (nSPS) is 24.2. The molecule has 1 aliphatic rings. The van der Waals surface area contributed by atoms with Gasteiger partial charge in [0.15, 0.2) is 0 Å². The van der Waals surface area contributed by atoms with Crippen LogP contribution in [0.3, 0.4) is 0 Å². The molecule has 1 aromatic rings. The summed E-state index contributed by atoms with van der Waals surface area (Å²) in [6.45, 7) is 0.517. The van der Waals surface area contributed by atoms with E-state index in [-0.39, 0.29) is 17.8 Å². The molecule has 0 radical (unpaired) electrons. The molecule has 1 saturated carbocycles. The van der Waals surface area contributed by atoms with E-state index < -0.39 is 11.7 Å². The van der Waals surface area contributed by atoms with Crippen molar-refractivity contribution in [3.05, 3.63) is 29.8 Å². The Hall–Kier alpha value is -1.23. The first-order chi connectivity index (χ1) is 8.50. The molecule has 2 rings (SSSR count). The summed E-state index contributed by atoms with van der Waals surface area (Å²) in [6, 6.07) is 5.01. The summed E-state index contributed by atoms with van der Waals surface area (Å²) in [4.78, 5) is 0. The van der Waals surface area contributed by atoms with Crippen LogP contribution in [0.4, 0.5) is 13.2 Å². The topological polar surface area (TPSA) is 35.2 Å². The van der Waals surface area contributed by atoms with Crippen LogP contribution in [0.1, 0.15) is 24.8 Å². The maximum absolute atomic E-state index is 12.5. The van der Waals surface area contributed by atoms with Crippen LogP contribution in [0.2, 0.25) is 0 Å². The highest BCUT2D eigenvalue weighted by molar-refractivity contribution is 5.30. The summed E-state index contributed by atoms with van der Waals surface area (Å²) < 4.78 is 43.3. The number of nitrogens with two attached hydrogens (primary N) is 1. The predicted molar refractivity (Wildman–Crippen MR) is 62.3 cm³/mol. The van der Waals surface area contributed by atoms with Crippen LogP contribution in [0, 0.1) is 5.92 Å². The Bertz CT molecular complexity index is 405. The van der Waals surface area contributed by atoms with E-state index >= 15 is 0 Å². The maximum Gasteiger partial charge on any atom is 0.416 e. The molecule has 1 aromatic carbocycles. The highest BCUT2D eigenvalue weighted by atomic mass is 19.4. The molecule has 0 amide bonds. The molecule has 100 valence electrons. The Morgan fingerprint density at radius 3 is 2.72 bits per heavy atom. The van der Waals surface area contributed by atoms with Gasteiger partial charge >= 0.3 is 6.18 Å². The van der Waals surface area contributed by atoms with Gasteiger partial charge in [0.05, 0.1) is 5.56 Å². The fraction of sp³-hybridized carbons (Fsp3) is 0.538. The van der Waals surface area contributed by atoms with Crippen molar-refractivity contribution in [2.75, 3.05) is 6.54 Å². The van der Waals surface area contributed by atoms with E-state index in [1.807, 2.05) is 0 Å². The lowest BCUT2D eigenvalue weighted by molar-refractivity contribution is -0.137. The third kappa shape index (κ3) is 2.96. The molecule has 2 N–H and O–H groups in total. The number of hydrogen-bond acceptors (Lipinski definition) is 2. The molecular weight excluding hydrogens is 243 g/mol. The monoisotopic (exact) mass is 259 g/mol. The average molecular weight is 259 g/mol. The van der Waals surface area contributed by atoms with Gasteiger partial charge in [-0.2, -0.15) is 13.2 Å². The number of rotatable bonds is 3. The van der Waals surface area contributed by atoms with Crippen molar-refractivity contribution < 1.29 is 17.9 Å². The van der Waals surface area contributed by atoms with Crippen LogP contribution < -0.4 is 10.5 Å². The highest BCUT2D eigenvalue weighted by Gasteiger charge is 2.32. The van der Waals surface area contributed by atoms with E-state index in [2.05, 4.69) is 0 Å². The molecule has 1 aliphatic carbocycles. The standard InChI is InChI=1S/C13H16F3NO/c14-13(15,16)10-4-2-5-11(7-10)18-12-6-1-3-9(12)8-17/h2,4-5,7,9,12H,1,3,6,8,17H2/t9-,12+/m0/s1. The van der Waals surface area contributed by atoms with E-state index in [0.717, 1.165) is 31.4 Å². The summed E-state index contributed by atoms with van der Waals surface area (Å²) in [5.74, 6) is 0.523. The Kier molecular flexibility index (Phi) is 3.80. The lowest BCUT2D eigenvalue weighted by Crippen LogP contribution is -2.27. The summed E-state index contributed by atoms with van der Waals surface area (Å²) in [7, 11) is 0. The molecule has 5 heteroatoms. The van der Waals surface area contributed by atoms with Crippen molar-refractivity contribution in [1.29, 1.82) is 0 Å². The van der Waals surface area contributed by atoms with E-state index in [1.54, 1.807) is 6.07 Å². The zero-order valence-electron chi connectivity index (χ0n) is 9.91. The molecule has 0 aliphatic heterocycles. The first-order valence-electron chi connectivity index (χ1n) is 6.04. The molecule has 2 nitrogen and oxygen atoms in total. The predicted octanol–water partition coefficient (Wildman–Crippen LogP) is 3.21. The first kappa shape index (κ1) is 13.2. The van der Waals surface area contributed by atoms with Crippen LogP contribution in [0.15, 0.2) is 24.3 Å². The van der Waals surface area contributed by atoms with E-state index in [4.69, 9.17) is 10.5 Å². The summed E-state index contributed by atoms with van der Waals surface area (Å²) in [5.41, 5.74) is 4.94. The van der Waals surface area contributed by atoms with Gasteiger partial charge in [-0.05, 0) is 44.0 Å². The molecule has 0 heterocycles. The molecule has 0 saturated heterocycles. The fourth-order valence-electron chi connectivity index (χ4n) is 2.35. The molecular formula is C13H16F3NO. The minimum atomic E-state index is -4.33. The lowest BCUT2D eigenvalue weighted by atomic mass is 10.1. The van der Waals surface area contributed by atoms with Gasteiger partial charge in [-0.15, -0.1) is 0 Å². The Morgan fingerprint density at radius 2 is 2.06 bits per heavy atom. The Morgan fingerprint density at radius 1 is 1.28 bits per heavy atom. The highest BCUT2D eigenvalue weighted by Crippen LogP contribution is 2.33. The number of alkyl halides is 3. The van der Waals surface area contributed by atoms with Crippen molar-refractivity contribution in [1.82, 2.24) is 0 Å². The Labute approximate surface area is 104 Å². The quantitative estimate of drug-likeness (QED) is 0.904. The second kappa shape index (κ2) is 5.18. The summed E-state index contributed by atoms with van der Waals surface area (Å²) in [5, 5.41) is 0. The van der Waals surface area contributed by atoms with Crippen LogP contribution in [0.5, 0.6) is 5.75 Å². The van der Waals surface area contributed by atoms with Crippen LogP contribution in [-0.4, -0.2) is 12.6 Å². The average Bonchev–Trinajstić information content (AvgIpc) is 2.75. The number of hydrogen-bond donors (Lipinski definition) is 1. The van der Waals surface area contributed by atoms with E-state index in [9.17, 15) is 13.2 Å². The van der Waals surface area contributed by atoms with Crippen LogP contribution in [-0.2, 0) is 6.18 Å². The van der Waals surface area contributed by atoms with Crippen molar-refractivity contribution in [2.24, 2.45) is 11.7 Å². The van der Waals surface area contributed by atoms with Crippen molar-refractivity contribution in [2.45, 2.75) is 31.5 Å². The zero-order chi connectivity index (χ0) is 13.2. The smallest absolute Gasteiger partial charge is 0.416 e. The molecule has 0 spiro atoms. The van der Waals surface area contributed by atoms with Gasteiger partial charge in [0, 0.05) is 5.92 Å². The molecule has 0 bridgehead atoms. The lowest BCUT2D eigenvalue weighted by Gasteiger charge is -2.20.